The molecule has 1 unspecified atom stereocenters. The maximum Gasteiger partial charge on any atom is 0.189 e. The van der Waals surface area contributed by atoms with Crippen molar-refractivity contribution in [3.63, 3.8) is 0 Å². The summed E-state index contributed by atoms with van der Waals surface area (Å²) in [7, 11) is -1.61. The molecule has 0 radical (unpaired) electrons. The minimum Gasteiger partial charge on any atom is -0.383 e. The number of hydrogen-bond donors (Lipinski definition) is 1. The van der Waals surface area contributed by atoms with Crippen LogP contribution in [-0.2, 0) is 14.6 Å². The topological polar surface area (TPSA) is 55.4 Å². The van der Waals surface area contributed by atoms with Gasteiger partial charge in [-0.2, -0.15) is 0 Å². The molecular formula is C10H17NO3S2. The third-order valence-electron chi connectivity index (χ3n) is 2.08. The standard InChI is InChI=1S/C10H17NO3S2/c1-3-11-9(7-14-2)8-16(12,13)10-5-4-6-15-10/h4-6,9,11H,3,7-8H2,1-2H3. The lowest BCUT2D eigenvalue weighted by molar-refractivity contribution is 0.174. The van der Waals surface area contributed by atoms with Crippen molar-refractivity contribution in [3.8, 4) is 0 Å². The van der Waals surface area contributed by atoms with Crippen molar-refractivity contribution in [1.82, 2.24) is 5.32 Å². The summed E-state index contributed by atoms with van der Waals surface area (Å²) in [5, 5.41) is 4.87. The number of hydrogen-bond acceptors (Lipinski definition) is 5. The van der Waals surface area contributed by atoms with Crippen LogP contribution < -0.4 is 5.32 Å². The zero-order valence-electron chi connectivity index (χ0n) is 9.47. The van der Waals surface area contributed by atoms with Crippen LogP contribution in [0.25, 0.3) is 0 Å². The van der Waals surface area contributed by atoms with Crippen LogP contribution in [0.2, 0.25) is 0 Å². The van der Waals surface area contributed by atoms with Crippen LogP contribution in [-0.4, -0.2) is 40.5 Å². The Morgan fingerprint density at radius 2 is 2.31 bits per heavy atom. The Balaban J connectivity index is 2.70. The molecule has 0 aliphatic carbocycles. The van der Waals surface area contributed by atoms with Gasteiger partial charge in [-0.15, -0.1) is 11.3 Å². The molecule has 16 heavy (non-hydrogen) atoms. The molecule has 0 aliphatic heterocycles. The third-order valence-corrected chi connectivity index (χ3v) is 5.39. The molecule has 0 amide bonds. The lowest BCUT2D eigenvalue weighted by Crippen LogP contribution is -2.39. The maximum atomic E-state index is 12.0. The first-order chi connectivity index (χ1) is 7.60. The Morgan fingerprint density at radius 3 is 2.81 bits per heavy atom. The molecule has 0 saturated heterocycles. The molecule has 1 heterocycles. The van der Waals surface area contributed by atoms with Gasteiger partial charge in [0.2, 0.25) is 0 Å². The smallest absolute Gasteiger partial charge is 0.189 e. The normalized spacial score (nSPS) is 13.9. The van der Waals surface area contributed by atoms with Gasteiger partial charge in [0.15, 0.2) is 9.84 Å². The summed E-state index contributed by atoms with van der Waals surface area (Å²) >= 11 is 1.25. The van der Waals surface area contributed by atoms with Gasteiger partial charge in [0.25, 0.3) is 0 Å². The fourth-order valence-electron chi connectivity index (χ4n) is 1.44. The molecule has 0 bridgehead atoms. The molecule has 1 N–H and O–H groups in total. The van der Waals surface area contributed by atoms with Crippen molar-refractivity contribution in [1.29, 1.82) is 0 Å². The Hall–Kier alpha value is -0.430. The summed E-state index contributed by atoms with van der Waals surface area (Å²) in [5.41, 5.74) is 0. The number of ether oxygens (including phenoxy) is 1. The average molecular weight is 263 g/mol. The van der Waals surface area contributed by atoms with Gasteiger partial charge in [0.1, 0.15) is 4.21 Å². The Morgan fingerprint density at radius 1 is 1.56 bits per heavy atom. The molecule has 1 aromatic rings. The van der Waals surface area contributed by atoms with Crippen LogP contribution in [0.5, 0.6) is 0 Å². The van der Waals surface area contributed by atoms with Gasteiger partial charge in [0, 0.05) is 13.2 Å². The minimum atomic E-state index is -3.18. The lowest BCUT2D eigenvalue weighted by Gasteiger charge is -2.16. The molecule has 0 saturated carbocycles. The molecule has 1 atom stereocenters. The molecule has 6 heteroatoms. The predicted molar refractivity (Wildman–Crippen MR) is 65.7 cm³/mol. The van der Waals surface area contributed by atoms with E-state index in [4.69, 9.17) is 4.74 Å². The number of sulfone groups is 1. The highest BCUT2D eigenvalue weighted by Crippen LogP contribution is 2.18. The van der Waals surface area contributed by atoms with Crippen LogP contribution in [0.4, 0.5) is 0 Å². The second-order valence-corrected chi connectivity index (χ2v) is 6.63. The number of rotatable bonds is 7. The SMILES string of the molecule is CCNC(COC)CS(=O)(=O)c1cccs1. The van der Waals surface area contributed by atoms with Gasteiger partial charge in [-0.3, -0.25) is 0 Å². The monoisotopic (exact) mass is 263 g/mol. The Kier molecular flexibility index (Phi) is 5.40. The number of likely N-dealkylation sites (N-methyl/N-ethyl adjacent to an activating group) is 1. The molecule has 4 nitrogen and oxygen atoms in total. The van der Waals surface area contributed by atoms with Gasteiger partial charge in [-0.05, 0) is 18.0 Å². The zero-order valence-corrected chi connectivity index (χ0v) is 11.1. The van der Waals surface area contributed by atoms with Crippen molar-refractivity contribution in [2.75, 3.05) is 26.0 Å². The van der Waals surface area contributed by atoms with Crippen LogP contribution in [0.3, 0.4) is 0 Å². The van der Waals surface area contributed by atoms with Crippen LogP contribution in [0.15, 0.2) is 21.7 Å². The second-order valence-electron chi connectivity index (χ2n) is 3.42. The van der Waals surface area contributed by atoms with Crippen molar-refractivity contribution >= 4 is 21.2 Å². The third kappa shape index (κ3) is 3.86. The van der Waals surface area contributed by atoms with E-state index in [2.05, 4.69) is 5.32 Å². The van der Waals surface area contributed by atoms with E-state index in [-0.39, 0.29) is 11.8 Å². The summed E-state index contributed by atoms with van der Waals surface area (Å²) in [5.74, 6) is 0.0786. The van der Waals surface area contributed by atoms with Gasteiger partial charge in [-0.25, -0.2) is 8.42 Å². The highest BCUT2D eigenvalue weighted by atomic mass is 32.2. The highest BCUT2D eigenvalue weighted by Gasteiger charge is 2.21. The number of nitrogens with one attached hydrogen (secondary N) is 1. The van der Waals surface area contributed by atoms with E-state index < -0.39 is 9.84 Å². The van der Waals surface area contributed by atoms with Crippen molar-refractivity contribution in [3.05, 3.63) is 17.5 Å². The first kappa shape index (κ1) is 13.6. The predicted octanol–water partition coefficient (Wildman–Crippen LogP) is 1.15. The maximum absolute atomic E-state index is 12.0. The molecule has 1 rings (SSSR count). The van der Waals surface area contributed by atoms with E-state index in [1.165, 1.54) is 11.3 Å². The van der Waals surface area contributed by atoms with E-state index in [1.807, 2.05) is 6.92 Å². The molecule has 0 spiro atoms. The highest BCUT2D eigenvalue weighted by molar-refractivity contribution is 7.93. The molecule has 1 aromatic heterocycles. The second kappa shape index (κ2) is 6.34. The summed E-state index contributed by atoms with van der Waals surface area (Å²) in [6, 6.07) is 3.23. The van der Waals surface area contributed by atoms with Crippen molar-refractivity contribution in [2.24, 2.45) is 0 Å². The van der Waals surface area contributed by atoms with Crippen LogP contribution in [0.1, 0.15) is 6.92 Å². The minimum absolute atomic E-state index is 0.0786. The van der Waals surface area contributed by atoms with Crippen molar-refractivity contribution < 1.29 is 13.2 Å². The van der Waals surface area contributed by atoms with E-state index in [9.17, 15) is 8.42 Å². The van der Waals surface area contributed by atoms with E-state index in [0.29, 0.717) is 10.8 Å². The van der Waals surface area contributed by atoms with Gasteiger partial charge in [0.05, 0.1) is 12.4 Å². The molecule has 0 fully saturated rings. The van der Waals surface area contributed by atoms with Crippen LogP contribution in [0, 0.1) is 0 Å². The molecule has 92 valence electrons. The number of methoxy groups -OCH3 is 1. The summed E-state index contributed by atoms with van der Waals surface area (Å²) in [6.07, 6.45) is 0. The first-order valence-corrected chi connectivity index (χ1v) is 7.62. The molecular weight excluding hydrogens is 246 g/mol. The van der Waals surface area contributed by atoms with Gasteiger partial charge in [-0.1, -0.05) is 13.0 Å². The summed E-state index contributed by atoms with van der Waals surface area (Å²) < 4.78 is 29.4. The quantitative estimate of drug-likeness (QED) is 0.801. The molecule has 0 aliphatic rings. The van der Waals surface area contributed by atoms with E-state index in [0.717, 1.165) is 6.54 Å². The first-order valence-electron chi connectivity index (χ1n) is 5.08. The Labute approximate surface area is 101 Å². The fourth-order valence-corrected chi connectivity index (χ4v) is 4.04. The van der Waals surface area contributed by atoms with E-state index >= 15 is 0 Å². The van der Waals surface area contributed by atoms with E-state index in [1.54, 1.807) is 24.6 Å². The van der Waals surface area contributed by atoms with Crippen molar-refractivity contribution in [2.45, 2.75) is 17.2 Å². The largest absolute Gasteiger partial charge is 0.383 e. The van der Waals surface area contributed by atoms with Crippen LogP contribution >= 0.6 is 11.3 Å². The lowest BCUT2D eigenvalue weighted by atomic mass is 10.3. The summed E-state index contributed by atoms with van der Waals surface area (Å²) in [4.78, 5) is 0. The number of thiophene rings is 1. The van der Waals surface area contributed by atoms with Gasteiger partial charge >= 0.3 is 0 Å². The Bertz CT molecular complexity index is 380. The zero-order chi connectivity index (χ0) is 12.0. The summed E-state index contributed by atoms with van der Waals surface area (Å²) in [6.45, 7) is 3.08. The molecule has 0 aromatic carbocycles. The average Bonchev–Trinajstić information content (AvgIpc) is 2.71. The van der Waals surface area contributed by atoms with Gasteiger partial charge < -0.3 is 10.1 Å². The fraction of sp³-hybridized carbons (Fsp3) is 0.600.